The van der Waals surface area contributed by atoms with Gasteiger partial charge in [0.05, 0.1) is 0 Å². The Morgan fingerprint density at radius 1 is 1.45 bits per heavy atom. The normalized spacial score (nSPS) is 18.8. The molecule has 1 aliphatic heterocycles. The Bertz CT molecular complexity index is 425. The molecule has 3 nitrogen and oxygen atoms in total. The first kappa shape index (κ1) is 15.0. The predicted octanol–water partition coefficient (Wildman–Crippen LogP) is 2.43. The van der Waals surface area contributed by atoms with Crippen LogP contribution in [0.4, 0.5) is 0 Å². The van der Waals surface area contributed by atoms with Gasteiger partial charge in [0.2, 0.25) is 5.91 Å². The minimum absolute atomic E-state index is 0.176. The smallest absolute Gasteiger partial charge is 0.220 e. The molecule has 1 fully saturated rings. The van der Waals surface area contributed by atoms with Crippen molar-refractivity contribution in [1.29, 1.82) is 0 Å². The molecular weight excluding hydrogens is 248 g/mol. The number of hydrogen-bond acceptors (Lipinski definition) is 2. The predicted molar refractivity (Wildman–Crippen MR) is 82.7 cm³/mol. The van der Waals surface area contributed by atoms with E-state index in [1.165, 1.54) is 24.0 Å². The molecule has 1 aliphatic rings. The third kappa shape index (κ3) is 5.33. The van der Waals surface area contributed by atoms with E-state index < -0.39 is 0 Å². The summed E-state index contributed by atoms with van der Waals surface area (Å²) in [5.74, 6) is 0.913. The molecule has 1 unspecified atom stereocenters. The van der Waals surface area contributed by atoms with Gasteiger partial charge < -0.3 is 10.6 Å². The average Bonchev–Trinajstić information content (AvgIpc) is 2.46. The molecular formula is C17H26N2O. The van der Waals surface area contributed by atoms with Crippen molar-refractivity contribution in [1.82, 2.24) is 10.6 Å². The fraction of sp³-hybridized carbons (Fsp3) is 0.588. The Morgan fingerprint density at radius 2 is 2.35 bits per heavy atom. The minimum Gasteiger partial charge on any atom is -0.356 e. The summed E-state index contributed by atoms with van der Waals surface area (Å²) in [6.07, 6.45) is 5.09. The zero-order valence-electron chi connectivity index (χ0n) is 12.5. The number of benzene rings is 1. The van der Waals surface area contributed by atoms with Gasteiger partial charge in [-0.25, -0.2) is 0 Å². The molecule has 0 aliphatic carbocycles. The molecule has 110 valence electrons. The first-order valence-corrected chi connectivity index (χ1v) is 7.77. The lowest BCUT2D eigenvalue weighted by Crippen LogP contribution is -2.33. The number of amides is 1. The van der Waals surface area contributed by atoms with Crippen molar-refractivity contribution in [2.75, 3.05) is 19.6 Å². The molecule has 2 N–H and O–H groups in total. The average molecular weight is 274 g/mol. The van der Waals surface area contributed by atoms with Crippen LogP contribution in [-0.2, 0) is 11.2 Å². The summed E-state index contributed by atoms with van der Waals surface area (Å²) in [5, 5.41) is 6.46. The zero-order chi connectivity index (χ0) is 14.2. The highest BCUT2D eigenvalue weighted by Gasteiger charge is 2.12. The molecule has 1 aromatic carbocycles. The van der Waals surface area contributed by atoms with E-state index in [1.807, 2.05) is 0 Å². The second kappa shape index (κ2) is 8.05. The fourth-order valence-electron chi connectivity index (χ4n) is 2.80. The van der Waals surface area contributed by atoms with Gasteiger partial charge in [0.1, 0.15) is 0 Å². The molecule has 1 heterocycles. The van der Waals surface area contributed by atoms with E-state index in [0.29, 0.717) is 6.42 Å². The van der Waals surface area contributed by atoms with Crippen LogP contribution in [0, 0.1) is 12.8 Å². The maximum atomic E-state index is 11.8. The number of nitrogens with one attached hydrogen (secondary N) is 2. The first-order chi connectivity index (χ1) is 9.74. The van der Waals surface area contributed by atoms with Crippen LogP contribution >= 0.6 is 0 Å². The third-order valence-corrected chi connectivity index (χ3v) is 4.00. The molecule has 1 saturated heterocycles. The number of carbonyl (C=O) groups excluding carboxylic acids is 1. The number of hydrogen-bond donors (Lipinski definition) is 2. The molecule has 0 saturated carbocycles. The van der Waals surface area contributed by atoms with E-state index >= 15 is 0 Å². The van der Waals surface area contributed by atoms with E-state index in [4.69, 9.17) is 0 Å². The van der Waals surface area contributed by atoms with E-state index in [9.17, 15) is 4.79 Å². The molecule has 20 heavy (non-hydrogen) atoms. The number of carbonyl (C=O) groups is 1. The molecule has 1 aromatic rings. The van der Waals surface area contributed by atoms with Gasteiger partial charge in [-0.2, -0.15) is 0 Å². The second-order valence-electron chi connectivity index (χ2n) is 5.84. The van der Waals surface area contributed by atoms with Crippen LogP contribution in [0.15, 0.2) is 24.3 Å². The van der Waals surface area contributed by atoms with Crippen molar-refractivity contribution in [3.63, 3.8) is 0 Å². The minimum atomic E-state index is 0.176. The van der Waals surface area contributed by atoms with Crippen LogP contribution in [-0.4, -0.2) is 25.5 Å². The summed E-state index contributed by atoms with van der Waals surface area (Å²) >= 11 is 0. The van der Waals surface area contributed by atoms with E-state index in [-0.39, 0.29) is 5.91 Å². The van der Waals surface area contributed by atoms with Crippen molar-refractivity contribution in [3.8, 4) is 0 Å². The fourth-order valence-corrected chi connectivity index (χ4v) is 2.80. The van der Waals surface area contributed by atoms with Crippen molar-refractivity contribution in [2.45, 2.75) is 39.0 Å². The van der Waals surface area contributed by atoms with Crippen LogP contribution in [0.3, 0.4) is 0 Å². The molecule has 0 bridgehead atoms. The molecule has 1 atom stereocenters. The van der Waals surface area contributed by atoms with Crippen LogP contribution in [0.1, 0.15) is 36.8 Å². The maximum Gasteiger partial charge on any atom is 0.220 e. The van der Waals surface area contributed by atoms with Gasteiger partial charge in [0.25, 0.3) is 0 Å². The monoisotopic (exact) mass is 274 g/mol. The molecule has 0 aromatic heterocycles. The Labute approximate surface area is 122 Å². The Hall–Kier alpha value is -1.35. The number of rotatable bonds is 6. The largest absolute Gasteiger partial charge is 0.356 e. The van der Waals surface area contributed by atoms with Crippen molar-refractivity contribution in [2.24, 2.45) is 5.92 Å². The van der Waals surface area contributed by atoms with Crippen LogP contribution in [0.2, 0.25) is 0 Å². The number of aryl methyl sites for hydroxylation is 2. The lowest BCUT2D eigenvalue weighted by atomic mass is 9.96. The molecule has 0 spiro atoms. The number of piperidine rings is 1. The van der Waals surface area contributed by atoms with Gasteiger partial charge >= 0.3 is 0 Å². The highest BCUT2D eigenvalue weighted by Crippen LogP contribution is 2.13. The Kier molecular flexibility index (Phi) is 6.06. The lowest BCUT2D eigenvalue weighted by Gasteiger charge is -2.22. The van der Waals surface area contributed by atoms with Crippen LogP contribution in [0.5, 0.6) is 0 Å². The molecule has 0 radical (unpaired) electrons. The van der Waals surface area contributed by atoms with E-state index in [2.05, 4.69) is 41.8 Å². The van der Waals surface area contributed by atoms with Gasteiger partial charge in [0, 0.05) is 13.0 Å². The Balaban J connectivity index is 1.60. The van der Waals surface area contributed by atoms with Crippen molar-refractivity contribution in [3.05, 3.63) is 35.4 Å². The molecule has 1 amide bonds. The van der Waals surface area contributed by atoms with E-state index in [1.54, 1.807) is 0 Å². The summed E-state index contributed by atoms with van der Waals surface area (Å²) < 4.78 is 0. The van der Waals surface area contributed by atoms with Gasteiger partial charge in [-0.1, -0.05) is 29.8 Å². The molecule has 3 heteroatoms. The first-order valence-electron chi connectivity index (χ1n) is 7.77. The Morgan fingerprint density at radius 3 is 3.10 bits per heavy atom. The molecule has 2 rings (SSSR count). The summed E-state index contributed by atoms with van der Waals surface area (Å²) in [6, 6.07) is 8.38. The summed E-state index contributed by atoms with van der Waals surface area (Å²) in [5.41, 5.74) is 2.50. The highest BCUT2D eigenvalue weighted by molar-refractivity contribution is 5.76. The SMILES string of the molecule is Cc1cccc(CCC(=O)NCCC2CCCNC2)c1. The third-order valence-electron chi connectivity index (χ3n) is 4.00. The second-order valence-corrected chi connectivity index (χ2v) is 5.84. The highest BCUT2D eigenvalue weighted by atomic mass is 16.1. The quantitative estimate of drug-likeness (QED) is 0.836. The van der Waals surface area contributed by atoms with Crippen LogP contribution < -0.4 is 10.6 Å². The van der Waals surface area contributed by atoms with Gasteiger partial charge in [0.15, 0.2) is 0 Å². The van der Waals surface area contributed by atoms with Crippen molar-refractivity contribution < 1.29 is 4.79 Å². The van der Waals surface area contributed by atoms with Crippen molar-refractivity contribution >= 4 is 5.91 Å². The van der Waals surface area contributed by atoms with Gasteiger partial charge in [-0.15, -0.1) is 0 Å². The summed E-state index contributed by atoms with van der Waals surface area (Å²) in [6.45, 7) is 5.17. The van der Waals surface area contributed by atoms with E-state index in [0.717, 1.165) is 38.4 Å². The van der Waals surface area contributed by atoms with Crippen LogP contribution in [0.25, 0.3) is 0 Å². The summed E-state index contributed by atoms with van der Waals surface area (Å²) in [4.78, 5) is 11.8. The zero-order valence-corrected chi connectivity index (χ0v) is 12.5. The standard InChI is InChI=1S/C17H26N2O/c1-14-4-2-5-15(12-14)7-8-17(20)19-11-9-16-6-3-10-18-13-16/h2,4-5,12,16,18H,3,6-11,13H2,1H3,(H,19,20). The van der Waals surface area contributed by atoms with Gasteiger partial charge in [-0.3, -0.25) is 4.79 Å². The maximum absolute atomic E-state index is 11.8. The van der Waals surface area contributed by atoms with Gasteiger partial charge in [-0.05, 0) is 57.2 Å². The lowest BCUT2D eigenvalue weighted by molar-refractivity contribution is -0.121. The summed E-state index contributed by atoms with van der Waals surface area (Å²) in [7, 11) is 0. The topological polar surface area (TPSA) is 41.1 Å².